The number of aliphatic carboxylic acids is 1. The molecule has 1 rings (SSSR count). The first kappa shape index (κ1) is 14.6. The van der Waals surface area contributed by atoms with E-state index in [1.807, 2.05) is 5.43 Å². The van der Waals surface area contributed by atoms with Crippen LogP contribution in [0.2, 0.25) is 10.0 Å². The predicted octanol–water partition coefficient (Wildman–Crippen LogP) is 3.41. The van der Waals surface area contributed by atoms with Crippen LogP contribution in [0.3, 0.4) is 0 Å². The summed E-state index contributed by atoms with van der Waals surface area (Å²) in [5, 5.41) is 11.4. The van der Waals surface area contributed by atoms with Crippen LogP contribution in [0.4, 0.5) is 18.9 Å². The van der Waals surface area contributed by atoms with E-state index in [0.717, 1.165) is 0 Å². The first-order valence-corrected chi connectivity index (χ1v) is 5.06. The molecule has 0 spiro atoms. The molecule has 1 aromatic rings. The van der Waals surface area contributed by atoms with Gasteiger partial charge < -0.3 is 5.11 Å². The number of halogens is 5. The number of hydrogen-bond donors (Lipinski definition) is 2. The van der Waals surface area contributed by atoms with Gasteiger partial charge in [0.1, 0.15) is 0 Å². The molecule has 9 heteroatoms. The quantitative estimate of drug-likeness (QED) is 0.664. The maximum Gasteiger partial charge on any atom is 0.442 e. The topological polar surface area (TPSA) is 61.7 Å². The molecule has 0 aliphatic carbocycles. The Hall–Kier alpha value is -1.47. The summed E-state index contributed by atoms with van der Waals surface area (Å²) >= 11 is 11.2. The highest BCUT2D eigenvalue weighted by molar-refractivity contribution is 6.38. The molecule has 1 aromatic carbocycles. The van der Waals surface area contributed by atoms with Gasteiger partial charge in [0.15, 0.2) is 0 Å². The number of nitrogens with one attached hydrogen (secondary N) is 1. The number of carbonyl (C=O) groups is 1. The van der Waals surface area contributed by atoms with Gasteiger partial charge in [-0.3, -0.25) is 5.43 Å². The zero-order chi connectivity index (χ0) is 13.9. The Morgan fingerprint density at radius 2 is 1.94 bits per heavy atom. The second-order valence-electron chi connectivity index (χ2n) is 3.00. The number of carboxylic acids is 1. The van der Waals surface area contributed by atoms with E-state index < -0.39 is 17.9 Å². The number of rotatable bonds is 3. The lowest BCUT2D eigenvalue weighted by atomic mass is 10.3. The minimum atomic E-state index is -5.07. The monoisotopic (exact) mass is 300 g/mol. The molecule has 0 saturated carbocycles. The number of nitrogens with zero attached hydrogens (tertiary/aromatic N) is 1. The van der Waals surface area contributed by atoms with Gasteiger partial charge in [0, 0.05) is 5.02 Å². The van der Waals surface area contributed by atoms with Crippen molar-refractivity contribution in [2.24, 2.45) is 5.10 Å². The van der Waals surface area contributed by atoms with Gasteiger partial charge in [0.2, 0.25) is 5.71 Å². The number of alkyl halides is 3. The molecule has 98 valence electrons. The van der Waals surface area contributed by atoms with Crippen molar-refractivity contribution in [3.05, 3.63) is 28.2 Å². The average molecular weight is 301 g/mol. The SMILES string of the molecule is O=C(O)/C(=N/Nc1ccc(Cl)cc1Cl)C(F)(F)F. The number of hydrogen-bond acceptors (Lipinski definition) is 3. The van der Waals surface area contributed by atoms with E-state index in [-0.39, 0.29) is 15.7 Å². The summed E-state index contributed by atoms with van der Waals surface area (Å²) in [7, 11) is 0. The van der Waals surface area contributed by atoms with Gasteiger partial charge >= 0.3 is 12.1 Å². The third-order valence-electron chi connectivity index (χ3n) is 1.69. The fraction of sp³-hybridized carbons (Fsp3) is 0.111. The summed E-state index contributed by atoms with van der Waals surface area (Å²) in [5.41, 5.74) is -0.0498. The van der Waals surface area contributed by atoms with Crippen LogP contribution in [0.25, 0.3) is 0 Å². The third kappa shape index (κ3) is 3.78. The molecule has 0 saturated heterocycles. The number of carboxylic acid groups (broad SMARTS) is 1. The lowest BCUT2D eigenvalue weighted by Crippen LogP contribution is -2.31. The van der Waals surface area contributed by atoms with Crippen molar-refractivity contribution in [3.63, 3.8) is 0 Å². The molecule has 0 fully saturated rings. The molecule has 0 aliphatic heterocycles. The zero-order valence-electron chi connectivity index (χ0n) is 8.42. The van der Waals surface area contributed by atoms with Gasteiger partial charge in [-0.25, -0.2) is 4.79 Å². The van der Waals surface area contributed by atoms with Crippen LogP contribution >= 0.6 is 23.2 Å². The Labute approximate surface area is 109 Å². The Morgan fingerprint density at radius 3 is 2.39 bits per heavy atom. The fourth-order valence-corrected chi connectivity index (χ4v) is 1.38. The second-order valence-corrected chi connectivity index (χ2v) is 3.84. The van der Waals surface area contributed by atoms with Gasteiger partial charge in [0.25, 0.3) is 0 Å². The molecule has 0 unspecified atom stereocenters. The summed E-state index contributed by atoms with van der Waals surface area (Å²) in [6.45, 7) is 0. The van der Waals surface area contributed by atoms with Crippen LogP contribution in [-0.4, -0.2) is 23.0 Å². The van der Waals surface area contributed by atoms with Crippen LogP contribution in [0.1, 0.15) is 0 Å². The summed E-state index contributed by atoms with van der Waals surface area (Å²) in [4.78, 5) is 10.4. The minimum Gasteiger partial charge on any atom is -0.476 e. The molecule has 2 N–H and O–H groups in total. The van der Waals surface area contributed by atoms with E-state index in [4.69, 9.17) is 28.3 Å². The first-order chi connectivity index (χ1) is 8.21. The largest absolute Gasteiger partial charge is 0.476 e. The highest BCUT2D eigenvalue weighted by atomic mass is 35.5. The van der Waals surface area contributed by atoms with Crippen molar-refractivity contribution in [2.45, 2.75) is 6.18 Å². The second kappa shape index (κ2) is 5.45. The van der Waals surface area contributed by atoms with Crippen LogP contribution in [0.5, 0.6) is 0 Å². The molecule has 0 amide bonds. The molecule has 0 radical (unpaired) electrons. The average Bonchev–Trinajstić information content (AvgIpc) is 2.18. The Balaban J connectivity index is 3.00. The molecule has 18 heavy (non-hydrogen) atoms. The van der Waals surface area contributed by atoms with Gasteiger partial charge in [-0.1, -0.05) is 23.2 Å². The molecular weight excluding hydrogens is 296 g/mol. The summed E-state index contributed by atoms with van der Waals surface area (Å²) in [6.07, 6.45) is -5.07. The van der Waals surface area contributed by atoms with Crippen molar-refractivity contribution in [1.82, 2.24) is 0 Å². The number of anilines is 1. The van der Waals surface area contributed by atoms with Crippen molar-refractivity contribution < 1.29 is 23.1 Å². The molecular formula is C9H5Cl2F3N2O2. The lowest BCUT2D eigenvalue weighted by molar-refractivity contribution is -0.133. The molecule has 4 nitrogen and oxygen atoms in total. The first-order valence-electron chi connectivity index (χ1n) is 4.31. The van der Waals surface area contributed by atoms with Gasteiger partial charge in [-0.15, -0.1) is 0 Å². The third-order valence-corrected chi connectivity index (χ3v) is 2.24. The molecule has 0 aliphatic rings. The molecule has 0 bridgehead atoms. The van der Waals surface area contributed by atoms with E-state index in [2.05, 4.69) is 5.10 Å². The van der Waals surface area contributed by atoms with Crippen LogP contribution in [-0.2, 0) is 4.79 Å². The van der Waals surface area contributed by atoms with Crippen molar-refractivity contribution in [1.29, 1.82) is 0 Å². The molecule has 0 aromatic heterocycles. The summed E-state index contributed by atoms with van der Waals surface area (Å²) in [5.74, 6) is -2.19. The minimum absolute atomic E-state index is 0.00377. The Morgan fingerprint density at radius 1 is 1.33 bits per heavy atom. The number of benzene rings is 1. The van der Waals surface area contributed by atoms with E-state index in [1.54, 1.807) is 0 Å². The van der Waals surface area contributed by atoms with E-state index in [1.165, 1.54) is 18.2 Å². The zero-order valence-corrected chi connectivity index (χ0v) is 9.94. The Kier molecular flexibility index (Phi) is 4.42. The lowest BCUT2D eigenvalue weighted by Gasteiger charge is -2.08. The van der Waals surface area contributed by atoms with Crippen LogP contribution in [0.15, 0.2) is 23.3 Å². The maximum atomic E-state index is 12.2. The maximum absolute atomic E-state index is 12.2. The summed E-state index contributed by atoms with van der Waals surface area (Å²) in [6, 6.07) is 3.90. The van der Waals surface area contributed by atoms with Gasteiger partial charge in [0.05, 0.1) is 10.7 Å². The fourth-order valence-electron chi connectivity index (χ4n) is 0.929. The van der Waals surface area contributed by atoms with E-state index >= 15 is 0 Å². The van der Waals surface area contributed by atoms with Crippen molar-refractivity contribution in [2.75, 3.05) is 5.43 Å². The Bertz CT molecular complexity index is 503. The van der Waals surface area contributed by atoms with Crippen LogP contribution in [0, 0.1) is 0 Å². The smallest absolute Gasteiger partial charge is 0.442 e. The number of hydrazone groups is 1. The predicted molar refractivity (Wildman–Crippen MR) is 61.2 cm³/mol. The van der Waals surface area contributed by atoms with E-state index in [9.17, 15) is 18.0 Å². The summed E-state index contributed by atoms with van der Waals surface area (Å²) < 4.78 is 36.7. The molecule has 0 heterocycles. The van der Waals surface area contributed by atoms with Gasteiger partial charge in [-0.05, 0) is 18.2 Å². The van der Waals surface area contributed by atoms with Crippen molar-refractivity contribution in [3.8, 4) is 0 Å². The molecule has 0 atom stereocenters. The van der Waals surface area contributed by atoms with Crippen LogP contribution < -0.4 is 5.43 Å². The highest BCUT2D eigenvalue weighted by Crippen LogP contribution is 2.26. The van der Waals surface area contributed by atoms with E-state index in [0.29, 0.717) is 0 Å². The van der Waals surface area contributed by atoms with Gasteiger partial charge in [-0.2, -0.15) is 18.3 Å². The highest BCUT2D eigenvalue weighted by Gasteiger charge is 2.41. The normalized spacial score (nSPS) is 12.4. The standard InChI is InChI=1S/C9H5Cl2F3N2O2/c10-4-1-2-6(5(11)3-4)15-16-7(8(17)18)9(12,13)14/h1-3,15H,(H,17,18)/b16-7-. The van der Waals surface area contributed by atoms with Crippen molar-refractivity contribution >= 4 is 40.6 Å².